The van der Waals surface area contributed by atoms with Crippen LogP contribution in [0, 0.1) is 10.1 Å². The van der Waals surface area contributed by atoms with E-state index in [9.17, 15) is 15.2 Å². The first kappa shape index (κ1) is 17.5. The van der Waals surface area contributed by atoms with E-state index in [2.05, 4.69) is 30.9 Å². The highest BCUT2D eigenvalue weighted by molar-refractivity contribution is 5.73. The highest BCUT2D eigenvalue weighted by Crippen LogP contribution is 2.54. The van der Waals surface area contributed by atoms with Crippen molar-refractivity contribution in [3.05, 3.63) is 69.8 Å². The van der Waals surface area contributed by atoms with Crippen molar-refractivity contribution in [2.24, 2.45) is 0 Å². The number of nitro benzene ring substituents is 1. The van der Waals surface area contributed by atoms with Crippen LogP contribution in [0.3, 0.4) is 0 Å². The van der Waals surface area contributed by atoms with Crippen LogP contribution < -0.4 is 9.64 Å². The number of nitro groups is 1. The Hall–Kier alpha value is -2.86. The second-order valence-corrected chi connectivity index (χ2v) is 7.48. The molecule has 0 saturated carbocycles. The molecule has 1 atom stereocenters. The minimum absolute atomic E-state index is 0.0454. The van der Waals surface area contributed by atoms with E-state index in [1.807, 2.05) is 24.3 Å². The van der Waals surface area contributed by atoms with Crippen molar-refractivity contribution >= 4 is 17.5 Å². The molecule has 2 aromatic carbocycles. The van der Waals surface area contributed by atoms with E-state index in [0.717, 1.165) is 5.69 Å². The van der Waals surface area contributed by atoms with Crippen molar-refractivity contribution in [2.45, 2.75) is 31.4 Å². The molecule has 4 rings (SSSR count). The van der Waals surface area contributed by atoms with Gasteiger partial charge in [0.05, 0.1) is 10.3 Å². The van der Waals surface area contributed by atoms with Gasteiger partial charge < -0.3 is 14.7 Å². The number of hydrogen-bond donors (Lipinski definition) is 1. The summed E-state index contributed by atoms with van der Waals surface area (Å²) in [5.74, 6) is 0.623. The monoisotopic (exact) mass is 366 g/mol. The predicted octanol–water partition coefficient (Wildman–Crippen LogP) is 3.88. The van der Waals surface area contributed by atoms with Gasteiger partial charge in [-0.05, 0) is 50.1 Å². The zero-order valence-electron chi connectivity index (χ0n) is 15.4. The van der Waals surface area contributed by atoms with E-state index in [1.165, 1.54) is 17.7 Å². The third-order valence-electron chi connectivity index (χ3n) is 5.66. The normalized spacial score (nSPS) is 21.7. The van der Waals surface area contributed by atoms with Crippen LogP contribution >= 0.6 is 0 Å². The smallest absolute Gasteiger partial charge is 0.270 e. The van der Waals surface area contributed by atoms with Crippen molar-refractivity contribution in [1.82, 2.24) is 0 Å². The van der Waals surface area contributed by atoms with Crippen LogP contribution in [-0.2, 0) is 5.41 Å². The second-order valence-electron chi connectivity index (χ2n) is 7.48. The first-order chi connectivity index (χ1) is 12.9. The summed E-state index contributed by atoms with van der Waals surface area (Å²) in [5.41, 5.74) is 1.90. The molecule has 6 heteroatoms. The predicted molar refractivity (Wildman–Crippen MR) is 104 cm³/mol. The van der Waals surface area contributed by atoms with E-state index >= 15 is 0 Å². The van der Waals surface area contributed by atoms with Gasteiger partial charge in [-0.25, -0.2) is 0 Å². The molecule has 0 amide bonds. The highest BCUT2D eigenvalue weighted by atomic mass is 16.6. The number of aliphatic hydroxyl groups is 1. The molecule has 2 aromatic rings. The Kier molecular flexibility index (Phi) is 3.96. The number of ether oxygens (including phenoxy) is 1. The zero-order chi connectivity index (χ0) is 19.2. The molecule has 140 valence electrons. The van der Waals surface area contributed by atoms with Crippen molar-refractivity contribution in [3.8, 4) is 5.75 Å². The van der Waals surface area contributed by atoms with E-state index in [0.29, 0.717) is 24.3 Å². The molecule has 2 aliphatic heterocycles. The quantitative estimate of drug-likeness (QED) is 0.656. The minimum atomic E-state index is -0.755. The standard InChI is InChI=1S/C21H22N2O4/c1-20(2)17-6-3-4-7-18(17)22(12-5-13-24)21(20)11-10-15-14-16(23(25)26)8-9-19(15)27-21/h3-4,6-11,14,24H,5,12-13H2,1-2H3/t21-/m1/s1. The molecule has 0 saturated heterocycles. The Balaban J connectivity index is 1.83. The van der Waals surface area contributed by atoms with Gasteiger partial charge in [-0.1, -0.05) is 18.2 Å². The number of fused-ring (bicyclic) bond motifs is 2. The van der Waals surface area contributed by atoms with E-state index in [4.69, 9.17) is 4.74 Å². The maximum Gasteiger partial charge on any atom is 0.270 e. The number of hydrogen-bond acceptors (Lipinski definition) is 5. The topological polar surface area (TPSA) is 75.8 Å². The molecule has 1 spiro atoms. The highest BCUT2D eigenvalue weighted by Gasteiger charge is 2.58. The van der Waals surface area contributed by atoms with Gasteiger partial charge in [0.1, 0.15) is 5.75 Å². The summed E-state index contributed by atoms with van der Waals surface area (Å²) in [4.78, 5) is 12.9. The second kappa shape index (κ2) is 6.09. The first-order valence-electron chi connectivity index (χ1n) is 9.05. The summed E-state index contributed by atoms with van der Waals surface area (Å²) >= 11 is 0. The molecule has 0 fully saturated rings. The first-order valence-corrected chi connectivity index (χ1v) is 9.05. The Labute approximate surface area is 157 Å². The lowest BCUT2D eigenvalue weighted by molar-refractivity contribution is -0.384. The summed E-state index contributed by atoms with van der Waals surface area (Å²) in [6.07, 6.45) is 4.53. The minimum Gasteiger partial charge on any atom is -0.463 e. The van der Waals surface area contributed by atoms with E-state index in [1.54, 1.807) is 6.07 Å². The summed E-state index contributed by atoms with van der Waals surface area (Å²) < 4.78 is 6.56. The molecule has 1 N–H and O–H groups in total. The number of para-hydroxylation sites is 1. The number of nitrogens with zero attached hydrogens (tertiary/aromatic N) is 2. The fourth-order valence-corrected chi connectivity index (χ4v) is 4.22. The zero-order valence-corrected chi connectivity index (χ0v) is 15.4. The van der Waals surface area contributed by atoms with Gasteiger partial charge in [0.2, 0.25) is 5.72 Å². The number of aliphatic hydroxyl groups excluding tert-OH is 1. The average Bonchev–Trinajstić information content (AvgIpc) is 2.84. The van der Waals surface area contributed by atoms with Crippen molar-refractivity contribution < 1.29 is 14.8 Å². The van der Waals surface area contributed by atoms with Crippen LogP contribution in [0.1, 0.15) is 31.4 Å². The van der Waals surface area contributed by atoms with Gasteiger partial charge in [-0.3, -0.25) is 10.1 Å². The van der Waals surface area contributed by atoms with E-state index in [-0.39, 0.29) is 17.7 Å². The summed E-state index contributed by atoms with van der Waals surface area (Å²) in [5, 5.41) is 20.4. The molecule has 6 nitrogen and oxygen atoms in total. The lowest BCUT2D eigenvalue weighted by Gasteiger charge is -2.47. The Morgan fingerprint density at radius 1 is 1.22 bits per heavy atom. The molecule has 0 aromatic heterocycles. The van der Waals surface area contributed by atoms with Crippen LogP contribution in [0.25, 0.3) is 6.08 Å². The van der Waals surface area contributed by atoms with Gasteiger partial charge >= 0.3 is 0 Å². The van der Waals surface area contributed by atoms with Crippen LogP contribution in [-0.4, -0.2) is 28.9 Å². The van der Waals surface area contributed by atoms with Crippen molar-refractivity contribution in [1.29, 1.82) is 0 Å². The molecule has 27 heavy (non-hydrogen) atoms. The number of non-ortho nitro benzene ring substituents is 1. The van der Waals surface area contributed by atoms with Gasteiger partial charge in [0, 0.05) is 36.5 Å². The lowest BCUT2D eigenvalue weighted by Crippen LogP contribution is -2.59. The maximum absolute atomic E-state index is 11.1. The third kappa shape index (κ3) is 2.44. The largest absolute Gasteiger partial charge is 0.463 e. The van der Waals surface area contributed by atoms with Gasteiger partial charge in [0.25, 0.3) is 5.69 Å². The average molecular weight is 366 g/mol. The molecule has 0 bridgehead atoms. The summed E-state index contributed by atoms with van der Waals surface area (Å²) in [6.45, 7) is 5.03. The summed E-state index contributed by atoms with van der Waals surface area (Å²) in [7, 11) is 0. The SMILES string of the molecule is CC1(C)c2ccccc2N(CCCO)[C@@]12C=Cc1cc([N+](=O)[O-])ccc1O2. The molecule has 0 unspecified atom stereocenters. The molecule has 2 aliphatic rings. The van der Waals surface area contributed by atoms with Crippen LogP contribution in [0.2, 0.25) is 0 Å². The van der Waals surface area contributed by atoms with E-state index < -0.39 is 10.6 Å². The number of rotatable bonds is 4. The third-order valence-corrected chi connectivity index (χ3v) is 5.66. The van der Waals surface area contributed by atoms with Gasteiger partial charge in [-0.2, -0.15) is 0 Å². The van der Waals surface area contributed by atoms with Crippen LogP contribution in [0.4, 0.5) is 11.4 Å². The Morgan fingerprint density at radius 2 is 2.00 bits per heavy atom. The molecule has 0 aliphatic carbocycles. The van der Waals surface area contributed by atoms with Gasteiger partial charge in [0.15, 0.2) is 0 Å². The number of benzene rings is 2. The Morgan fingerprint density at radius 3 is 2.74 bits per heavy atom. The van der Waals surface area contributed by atoms with Crippen molar-refractivity contribution in [2.75, 3.05) is 18.1 Å². The Bertz CT molecular complexity index is 938. The molecule has 2 heterocycles. The van der Waals surface area contributed by atoms with Gasteiger partial charge in [-0.15, -0.1) is 0 Å². The van der Waals surface area contributed by atoms with Crippen molar-refractivity contribution in [3.63, 3.8) is 0 Å². The summed E-state index contributed by atoms with van der Waals surface area (Å²) in [6, 6.07) is 12.9. The number of anilines is 1. The molecular weight excluding hydrogens is 344 g/mol. The fraction of sp³-hybridized carbons (Fsp3) is 0.333. The maximum atomic E-state index is 11.1. The van der Waals surface area contributed by atoms with Crippen LogP contribution in [0.15, 0.2) is 48.5 Å². The van der Waals surface area contributed by atoms with Crippen LogP contribution in [0.5, 0.6) is 5.75 Å². The molecular formula is C21H22N2O4. The lowest BCUT2D eigenvalue weighted by atomic mass is 9.76. The fourth-order valence-electron chi connectivity index (χ4n) is 4.22. The molecule has 0 radical (unpaired) electrons.